The van der Waals surface area contributed by atoms with Crippen LogP contribution in [0.15, 0.2) is 30.3 Å². The first-order chi connectivity index (χ1) is 9.15. The lowest BCUT2D eigenvalue weighted by atomic mass is 9.98. The van der Waals surface area contributed by atoms with Crippen molar-refractivity contribution in [2.75, 3.05) is 20.3 Å². The van der Waals surface area contributed by atoms with Crippen molar-refractivity contribution in [3.8, 4) is 0 Å². The van der Waals surface area contributed by atoms with Gasteiger partial charge < -0.3 is 15.8 Å². The van der Waals surface area contributed by atoms with Gasteiger partial charge in [-0.25, -0.2) is 0 Å². The predicted molar refractivity (Wildman–Crippen MR) is 77.0 cm³/mol. The van der Waals surface area contributed by atoms with Crippen molar-refractivity contribution < 1.29 is 9.53 Å². The average molecular weight is 264 g/mol. The first-order valence-corrected chi connectivity index (χ1v) is 6.72. The standard InChI is InChI=1S/C15H24N2O2/c1-12(13-6-4-3-5-7-13)8-10-17-15(18)14(16)9-11-19-2/h3-7,12,14H,8-11,16H2,1-2H3,(H,17,18). The fourth-order valence-corrected chi connectivity index (χ4v) is 1.87. The van der Waals surface area contributed by atoms with Crippen LogP contribution in [0.3, 0.4) is 0 Å². The Kier molecular flexibility index (Phi) is 7.15. The lowest BCUT2D eigenvalue weighted by Crippen LogP contribution is -2.41. The molecule has 1 aromatic carbocycles. The molecule has 106 valence electrons. The van der Waals surface area contributed by atoms with Crippen LogP contribution in [0.5, 0.6) is 0 Å². The Hall–Kier alpha value is -1.39. The number of nitrogens with two attached hydrogens (primary N) is 1. The molecule has 3 N–H and O–H groups in total. The van der Waals surface area contributed by atoms with Crippen LogP contribution in [0.25, 0.3) is 0 Å². The van der Waals surface area contributed by atoms with E-state index in [0.29, 0.717) is 25.5 Å². The first kappa shape index (κ1) is 15.7. The van der Waals surface area contributed by atoms with Gasteiger partial charge in [0.1, 0.15) is 0 Å². The van der Waals surface area contributed by atoms with E-state index < -0.39 is 6.04 Å². The highest BCUT2D eigenvalue weighted by Gasteiger charge is 2.13. The highest BCUT2D eigenvalue weighted by molar-refractivity contribution is 5.81. The summed E-state index contributed by atoms with van der Waals surface area (Å²) >= 11 is 0. The largest absolute Gasteiger partial charge is 0.385 e. The quantitative estimate of drug-likeness (QED) is 0.750. The molecule has 1 rings (SSSR count). The van der Waals surface area contributed by atoms with Gasteiger partial charge in [0.25, 0.3) is 0 Å². The van der Waals surface area contributed by atoms with Gasteiger partial charge >= 0.3 is 0 Å². The Bertz CT molecular complexity index is 368. The number of carbonyl (C=O) groups excluding carboxylic acids is 1. The zero-order chi connectivity index (χ0) is 14.1. The topological polar surface area (TPSA) is 64.3 Å². The summed E-state index contributed by atoms with van der Waals surface area (Å²) in [7, 11) is 1.60. The van der Waals surface area contributed by atoms with Crippen LogP contribution in [0.2, 0.25) is 0 Å². The number of hydrogen-bond donors (Lipinski definition) is 2. The second-order valence-electron chi connectivity index (χ2n) is 4.78. The molecule has 0 heterocycles. The molecule has 19 heavy (non-hydrogen) atoms. The molecule has 0 saturated carbocycles. The predicted octanol–water partition coefficient (Wildman–Crippen LogP) is 1.66. The van der Waals surface area contributed by atoms with Gasteiger partial charge in [-0.05, 0) is 24.3 Å². The summed E-state index contributed by atoms with van der Waals surface area (Å²) in [5.41, 5.74) is 7.03. The molecule has 1 aromatic rings. The molecular formula is C15H24N2O2. The van der Waals surface area contributed by atoms with Crippen molar-refractivity contribution in [3.63, 3.8) is 0 Å². The lowest BCUT2D eigenvalue weighted by molar-refractivity contribution is -0.122. The van der Waals surface area contributed by atoms with Gasteiger partial charge in [-0.1, -0.05) is 37.3 Å². The zero-order valence-corrected chi connectivity index (χ0v) is 11.8. The van der Waals surface area contributed by atoms with Gasteiger partial charge in [-0.15, -0.1) is 0 Å². The van der Waals surface area contributed by atoms with Gasteiger partial charge in [-0.2, -0.15) is 0 Å². The Labute approximate surface area is 115 Å². The second kappa shape index (κ2) is 8.67. The molecular weight excluding hydrogens is 240 g/mol. The van der Waals surface area contributed by atoms with Crippen molar-refractivity contribution >= 4 is 5.91 Å². The third kappa shape index (κ3) is 5.85. The Morgan fingerprint density at radius 2 is 2.00 bits per heavy atom. The number of benzene rings is 1. The molecule has 0 radical (unpaired) electrons. The van der Waals surface area contributed by atoms with Crippen molar-refractivity contribution in [3.05, 3.63) is 35.9 Å². The van der Waals surface area contributed by atoms with Crippen molar-refractivity contribution in [2.24, 2.45) is 5.73 Å². The summed E-state index contributed by atoms with van der Waals surface area (Å²) in [5.74, 6) is 0.328. The van der Waals surface area contributed by atoms with E-state index in [0.717, 1.165) is 6.42 Å². The number of carbonyl (C=O) groups is 1. The zero-order valence-electron chi connectivity index (χ0n) is 11.8. The smallest absolute Gasteiger partial charge is 0.237 e. The summed E-state index contributed by atoms with van der Waals surface area (Å²) in [4.78, 5) is 11.7. The minimum Gasteiger partial charge on any atom is -0.385 e. The molecule has 0 aliphatic rings. The number of amides is 1. The first-order valence-electron chi connectivity index (χ1n) is 6.72. The normalized spacial score (nSPS) is 13.8. The van der Waals surface area contributed by atoms with E-state index in [2.05, 4.69) is 24.4 Å². The van der Waals surface area contributed by atoms with Crippen LogP contribution in [0, 0.1) is 0 Å². The minimum atomic E-state index is -0.480. The maximum Gasteiger partial charge on any atom is 0.237 e. The van der Waals surface area contributed by atoms with Gasteiger partial charge in [0, 0.05) is 20.3 Å². The fourth-order valence-electron chi connectivity index (χ4n) is 1.87. The van der Waals surface area contributed by atoms with Gasteiger partial charge in [0.05, 0.1) is 6.04 Å². The molecule has 0 fully saturated rings. The van der Waals surface area contributed by atoms with E-state index in [1.54, 1.807) is 7.11 Å². The Balaban J connectivity index is 2.24. The molecule has 4 heteroatoms. The van der Waals surface area contributed by atoms with E-state index >= 15 is 0 Å². The van der Waals surface area contributed by atoms with Crippen LogP contribution >= 0.6 is 0 Å². The third-order valence-corrected chi connectivity index (χ3v) is 3.21. The average Bonchev–Trinajstić information content (AvgIpc) is 2.45. The minimum absolute atomic E-state index is 0.0997. The van der Waals surface area contributed by atoms with Crippen LogP contribution in [-0.4, -0.2) is 32.2 Å². The summed E-state index contributed by atoms with van der Waals surface area (Å²) in [6.45, 7) is 3.32. The van der Waals surface area contributed by atoms with Crippen LogP contribution in [0.1, 0.15) is 31.2 Å². The fraction of sp³-hybridized carbons (Fsp3) is 0.533. The third-order valence-electron chi connectivity index (χ3n) is 3.21. The molecule has 2 atom stereocenters. The monoisotopic (exact) mass is 264 g/mol. The summed E-state index contributed by atoms with van der Waals surface area (Å²) in [6, 6.07) is 9.81. The molecule has 4 nitrogen and oxygen atoms in total. The van der Waals surface area contributed by atoms with E-state index in [1.165, 1.54) is 5.56 Å². The number of rotatable bonds is 8. The van der Waals surface area contributed by atoms with Crippen LogP contribution < -0.4 is 11.1 Å². The van der Waals surface area contributed by atoms with E-state index in [1.807, 2.05) is 18.2 Å². The van der Waals surface area contributed by atoms with Gasteiger partial charge in [0.15, 0.2) is 0 Å². The molecule has 0 aromatic heterocycles. The molecule has 0 spiro atoms. The highest BCUT2D eigenvalue weighted by Crippen LogP contribution is 2.17. The summed E-state index contributed by atoms with van der Waals surface area (Å²) < 4.78 is 4.90. The molecule has 0 aliphatic carbocycles. The second-order valence-corrected chi connectivity index (χ2v) is 4.78. The Morgan fingerprint density at radius 3 is 2.63 bits per heavy atom. The number of methoxy groups -OCH3 is 1. The molecule has 2 unspecified atom stereocenters. The molecule has 1 amide bonds. The summed E-state index contributed by atoms with van der Waals surface area (Å²) in [6.07, 6.45) is 1.46. The molecule has 0 aliphatic heterocycles. The summed E-state index contributed by atoms with van der Waals surface area (Å²) in [5, 5.41) is 2.87. The maximum atomic E-state index is 11.7. The maximum absolute atomic E-state index is 11.7. The van der Waals surface area contributed by atoms with E-state index in [4.69, 9.17) is 10.5 Å². The Morgan fingerprint density at radius 1 is 1.32 bits per heavy atom. The van der Waals surface area contributed by atoms with E-state index in [9.17, 15) is 4.79 Å². The van der Waals surface area contributed by atoms with Crippen LogP contribution in [-0.2, 0) is 9.53 Å². The molecule has 0 saturated heterocycles. The molecule has 0 bridgehead atoms. The number of nitrogens with one attached hydrogen (secondary N) is 1. The van der Waals surface area contributed by atoms with Crippen molar-refractivity contribution in [1.29, 1.82) is 0 Å². The van der Waals surface area contributed by atoms with Crippen molar-refractivity contribution in [2.45, 2.75) is 31.7 Å². The van der Waals surface area contributed by atoms with Crippen LogP contribution in [0.4, 0.5) is 0 Å². The highest BCUT2D eigenvalue weighted by atomic mass is 16.5. The SMILES string of the molecule is COCCC(N)C(=O)NCCC(C)c1ccccc1. The van der Waals surface area contributed by atoms with Gasteiger partial charge in [-0.3, -0.25) is 4.79 Å². The number of ether oxygens (including phenoxy) is 1. The lowest BCUT2D eigenvalue weighted by Gasteiger charge is -2.14. The van der Waals surface area contributed by atoms with Gasteiger partial charge in [0.2, 0.25) is 5.91 Å². The van der Waals surface area contributed by atoms with Crippen molar-refractivity contribution in [1.82, 2.24) is 5.32 Å². The van der Waals surface area contributed by atoms with E-state index in [-0.39, 0.29) is 5.91 Å². The number of hydrogen-bond acceptors (Lipinski definition) is 3.